The van der Waals surface area contributed by atoms with E-state index in [1.54, 1.807) is 0 Å². The van der Waals surface area contributed by atoms with Gasteiger partial charge in [0, 0.05) is 49.4 Å². The topological polar surface area (TPSA) is 14.8 Å². The predicted octanol–water partition coefficient (Wildman–Crippen LogP) is 12.7. The number of benzene rings is 9. The van der Waals surface area contributed by atoms with Crippen LogP contribution in [-0.2, 0) is 0 Å². The number of hydrogen-bond donors (Lipinski definition) is 0. The van der Waals surface area contributed by atoms with Crippen molar-refractivity contribution in [1.82, 2.24) is 13.7 Å². The van der Waals surface area contributed by atoms with Crippen LogP contribution in [0.2, 0.25) is 0 Å². The fourth-order valence-electron chi connectivity index (χ4n) is 11.2. The van der Waals surface area contributed by atoms with Crippen molar-refractivity contribution in [2.24, 2.45) is 0 Å². The summed E-state index contributed by atoms with van der Waals surface area (Å²) >= 11 is 0. The second-order valence-corrected chi connectivity index (χ2v) is 20.9. The van der Waals surface area contributed by atoms with Crippen molar-refractivity contribution < 1.29 is 0 Å². The number of rotatable bonds is 7. The molecule has 12 aromatic rings. The molecule has 1 aliphatic rings. The highest BCUT2D eigenvalue weighted by molar-refractivity contribution is 7.20. The summed E-state index contributed by atoms with van der Waals surface area (Å²) in [6.07, 6.45) is 12.2. The van der Waals surface area contributed by atoms with Crippen molar-refractivity contribution in [3.8, 4) is 11.4 Å². The van der Waals surface area contributed by atoms with E-state index in [-0.39, 0.29) is 0 Å². The molecule has 0 spiro atoms. The van der Waals surface area contributed by atoms with Crippen molar-refractivity contribution in [2.75, 3.05) is 0 Å². The van der Waals surface area contributed by atoms with Crippen molar-refractivity contribution >= 4 is 99.9 Å². The predicted molar refractivity (Wildman–Crippen MR) is 279 cm³/mol. The van der Waals surface area contributed by atoms with Gasteiger partial charge in [-0.05, 0) is 93.9 Å². The third kappa shape index (κ3) is 5.54. The lowest BCUT2D eigenvalue weighted by atomic mass is 10.1. The van der Waals surface area contributed by atoms with Crippen molar-refractivity contribution in [1.29, 1.82) is 0 Å². The Morgan fingerprint density at radius 2 is 0.846 bits per heavy atom. The number of para-hydroxylation sites is 5. The molecule has 0 aliphatic heterocycles. The molecule has 4 heteroatoms. The summed E-state index contributed by atoms with van der Waals surface area (Å²) in [7, 11) is -3.13. The molecular weight excluding hydrogens is 803 g/mol. The molecule has 3 aromatic heterocycles. The summed E-state index contributed by atoms with van der Waals surface area (Å²) in [5.41, 5.74) is 10.8. The quantitative estimate of drug-likeness (QED) is 0.112. The third-order valence-corrected chi connectivity index (χ3v) is 18.5. The zero-order valence-electron chi connectivity index (χ0n) is 35.7. The molecule has 3 heterocycles. The van der Waals surface area contributed by atoms with Crippen LogP contribution < -0.4 is 20.7 Å². The van der Waals surface area contributed by atoms with Gasteiger partial charge in [-0.15, -0.1) is 0 Å². The summed E-state index contributed by atoms with van der Waals surface area (Å²) in [5, 5.41) is 13.0. The lowest BCUT2D eigenvalue weighted by Gasteiger charge is -2.35. The number of hydrogen-bond acceptors (Lipinski definition) is 0. The van der Waals surface area contributed by atoms with E-state index in [1.165, 1.54) is 91.9 Å². The number of aromatic nitrogens is 3. The average molecular weight is 846 g/mol. The zero-order chi connectivity index (χ0) is 42.9. The first kappa shape index (κ1) is 37.4. The van der Waals surface area contributed by atoms with Gasteiger partial charge in [-0.1, -0.05) is 182 Å². The second kappa shape index (κ2) is 15.0. The lowest BCUT2D eigenvalue weighted by Crippen LogP contribution is -2.75. The number of nitrogens with zero attached hydrogens (tertiary/aromatic N) is 3. The molecule has 0 radical (unpaired) electrons. The molecule has 3 nitrogen and oxygen atoms in total. The normalized spacial score (nSPS) is 13.1. The first-order chi connectivity index (χ1) is 32.3. The molecular formula is C61H43N3Si. The standard InChI is InChI=1S/C61H43N3Si/c1-2-7-25-44(24-6-1)64-53-36-17-14-32-49(53)50-35-21-39-58(61(50)64)65(46-27-10-4-11-28-46,47-29-12-5-13-30-47)48-31-20-26-45(42-48)63-55-38-19-16-34-52(55)60-57(63)41-40-56-59(60)51-33-15-18-37-54(51)62(56)43-22-8-3-9-23-43/h1,3-42H,2H2. The molecule has 0 unspecified atom stereocenters. The highest BCUT2D eigenvalue weighted by Gasteiger charge is 2.44. The van der Waals surface area contributed by atoms with Crippen LogP contribution in [0.3, 0.4) is 0 Å². The Balaban J connectivity index is 1.15. The molecule has 0 fully saturated rings. The minimum absolute atomic E-state index is 0.910. The van der Waals surface area contributed by atoms with E-state index in [2.05, 4.69) is 262 Å². The summed E-state index contributed by atoms with van der Waals surface area (Å²) < 4.78 is 7.48. The van der Waals surface area contributed by atoms with E-state index in [9.17, 15) is 0 Å². The van der Waals surface area contributed by atoms with Crippen LogP contribution in [0.15, 0.2) is 249 Å². The molecule has 1 aliphatic carbocycles. The Bertz CT molecular complexity index is 3860. The molecule has 0 bridgehead atoms. The monoisotopic (exact) mass is 845 g/mol. The van der Waals surface area contributed by atoms with Gasteiger partial charge in [0.2, 0.25) is 0 Å². The summed E-state index contributed by atoms with van der Waals surface area (Å²) in [5.74, 6) is 0. The van der Waals surface area contributed by atoms with Crippen LogP contribution in [0.5, 0.6) is 0 Å². The van der Waals surface area contributed by atoms with Crippen molar-refractivity contribution in [3.63, 3.8) is 0 Å². The average Bonchev–Trinajstić information content (AvgIpc) is 3.92. The smallest absolute Gasteiger partial charge is 0.181 e. The Labute approximate surface area is 378 Å². The van der Waals surface area contributed by atoms with Gasteiger partial charge in [0.05, 0.1) is 33.1 Å². The first-order valence-corrected chi connectivity index (χ1v) is 24.6. The van der Waals surface area contributed by atoms with E-state index in [4.69, 9.17) is 0 Å². The van der Waals surface area contributed by atoms with Gasteiger partial charge in [-0.2, -0.15) is 0 Å². The fourth-order valence-corrected chi connectivity index (χ4v) is 16.2. The maximum absolute atomic E-state index is 3.13. The van der Waals surface area contributed by atoms with Gasteiger partial charge in [-0.25, -0.2) is 0 Å². The maximum Gasteiger partial charge on any atom is 0.181 e. The molecule has 0 saturated carbocycles. The Kier molecular flexibility index (Phi) is 8.61. The van der Waals surface area contributed by atoms with Crippen molar-refractivity contribution in [3.05, 3.63) is 249 Å². The third-order valence-electron chi connectivity index (χ3n) is 13.8. The minimum Gasteiger partial charge on any atom is -0.309 e. The highest BCUT2D eigenvalue weighted by atomic mass is 28.3. The first-order valence-electron chi connectivity index (χ1n) is 22.6. The molecule has 13 rings (SSSR count). The number of fused-ring (bicyclic) bond motifs is 10. The molecule has 65 heavy (non-hydrogen) atoms. The van der Waals surface area contributed by atoms with Crippen LogP contribution in [0, 0.1) is 0 Å². The van der Waals surface area contributed by atoms with Crippen LogP contribution >= 0.6 is 0 Å². The SMILES string of the molecule is C1=CCC=CC(n2c3ccccc3c3cccc([Si](c4ccccc4)(c4ccccc4)c4cccc(-n5c6ccccc6c6c7c8ccccc8n(-c8ccccc8)c7ccc65)c4)c32)=C1. The molecule has 9 aromatic carbocycles. The van der Waals surface area contributed by atoms with Gasteiger partial charge >= 0.3 is 0 Å². The Morgan fingerprint density at radius 3 is 1.49 bits per heavy atom. The Hall–Kier alpha value is -8.18. The van der Waals surface area contributed by atoms with E-state index in [0.29, 0.717) is 0 Å². The van der Waals surface area contributed by atoms with E-state index < -0.39 is 8.07 Å². The molecule has 0 amide bonds. The van der Waals surface area contributed by atoms with Crippen LogP contribution in [0.1, 0.15) is 6.42 Å². The zero-order valence-corrected chi connectivity index (χ0v) is 36.7. The second-order valence-electron chi connectivity index (χ2n) is 17.1. The molecule has 306 valence electrons. The summed E-state index contributed by atoms with van der Waals surface area (Å²) in [6, 6.07) is 81.6. The van der Waals surface area contributed by atoms with Gasteiger partial charge in [-0.3, -0.25) is 0 Å². The summed E-state index contributed by atoms with van der Waals surface area (Å²) in [4.78, 5) is 0. The Morgan fingerprint density at radius 1 is 0.354 bits per heavy atom. The van der Waals surface area contributed by atoms with Gasteiger partial charge in [0.25, 0.3) is 0 Å². The number of allylic oxidation sites excluding steroid dienone is 6. The van der Waals surface area contributed by atoms with E-state index in [0.717, 1.165) is 17.8 Å². The molecule has 0 saturated heterocycles. The minimum atomic E-state index is -3.13. The molecule has 0 N–H and O–H groups in total. The van der Waals surface area contributed by atoms with Crippen LogP contribution in [-0.4, -0.2) is 21.8 Å². The largest absolute Gasteiger partial charge is 0.309 e. The fraction of sp³-hybridized carbons (Fsp3) is 0.0164. The highest BCUT2D eigenvalue weighted by Crippen LogP contribution is 2.42. The van der Waals surface area contributed by atoms with Gasteiger partial charge < -0.3 is 13.7 Å². The maximum atomic E-state index is 2.54. The van der Waals surface area contributed by atoms with Crippen molar-refractivity contribution in [2.45, 2.75) is 6.42 Å². The van der Waals surface area contributed by atoms with Crippen LogP contribution in [0.4, 0.5) is 0 Å². The van der Waals surface area contributed by atoms with E-state index in [1.807, 2.05) is 0 Å². The van der Waals surface area contributed by atoms with E-state index >= 15 is 0 Å². The summed E-state index contributed by atoms with van der Waals surface area (Å²) in [6.45, 7) is 0. The van der Waals surface area contributed by atoms with Crippen LogP contribution in [0.25, 0.3) is 82.5 Å². The van der Waals surface area contributed by atoms with Gasteiger partial charge in [0.1, 0.15) is 0 Å². The van der Waals surface area contributed by atoms with Gasteiger partial charge in [0.15, 0.2) is 8.07 Å². The molecule has 0 atom stereocenters. The lowest BCUT2D eigenvalue weighted by molar-refractivity contribution is 1.17.